The smallest absolute Gasteiger partial charge is 0.224 e. The van der Waals surface area contributed by atoms with Crippen molar-refractivity contribution in [2.75, 3.05) is 13.1 Å². The molecule has 1 aliphatic rings. The summed E-state index contributed by atoms with van der Waals surface area (Å²) < 4.78 is 0. The van der Waals surface area contributed by atoms with Crippen LogP contribution < -0.4 is 5.32 Å². The Morgan fingerprint density at radius 3 is 2.54 bits per heavy atom. The van der Waals surface area contributed by atoms with E-state index in [1.807, 2.05) is 48.4 Å². The Morgan fingerprint density at radius 1 is 1.27 bits per heavy atom. The van der Waals surface area contributed by atoms with Gasteiger partial charge in [0.2, 0.25) is 11.8 Å². The number of nitrogens with one attached hydrogen (secondary N) is 2. The molecule has 1 aromatic carbocycles. The van der Waals surface area contributed by atoms with E-state index in [1.165, 1.54) is 12.5 Å². The number of aromatic nitrogens is 2. The summed E-state index contributed by atoms with van der Waals surface area (Å²) in [5.74, 6) is 0.425. The Labute approximate surface area is 154 Å². The number of likely N-dealkylation sites (tertiary alicyclic amines) is 1. The third-order valence-corrected chi connectivity index (χ3v) is 5.11. The first kappa shape index (κ1) is 18.2. The van der Waals surface area contributed by atoms with Crippen LogP contribution in [0.1, 0.15) is 55.0 Å². The Morgan fingerprint density at radius 2 is 1.96 bits per heavy atom. The van der Waals surface area contributed by atoms with Crippen molar-refractivity contribution in [2.24, 2.45) is 0 Å². The number of hydrogen-bond donors (Lipinski definition) is 2. The number of rotatable bonds is 5. The van der Waals surface area contributed by atoms with Crippen molar-refractivity contribution < 1.29 is 9.59 Å². The minimum atomic E-state index is -0.282. The molecular weight excluding hydrogens is 328 g/mol. The van der Waals surface area contributed by atoms with Gasteiger partial charge in [-0.05, 0) is 36.8 Å². The molecule has 1 aromatic heterocycles. The first-order valence-corrected chi connectivity index (χ1v) is 9.14. The number of benzene rings is 1. The fourth-order valence-electron chi connectivity index (χ4n) is 3.70. The van der Waals surface area contributed by atoms with Crippen molar-refractivity contribution in [1.29, 1.82) is 0 Å². The Balaban J connectivity index is 1.60. The van der Waals surface area contributed by atoms with Gasteiger partial charge in [-0.1, -0.05) is 30.3 Å². The summed E-state index contributed by atoms with van der Waals surface area (Å²) in [6.45, 7) is 5.02. The molecule has 0 radical (unpaired) electrons. The summed E-state index contributed by atoms with van der Waals surface area (Å²) in [4.78, 5) is 26.2. The van der Waals surface area contributed by atoms with Crippen molar-refractivity contribution in [1.82, 2.24) is 20.4 Å². The highest BCUT2D eigenvalue weighted by Gasteiger charge is 2.27. The molecule has 0 bridgehead atoms. The van der Waals surface area contributed by atoms with Crippen LogP contribution in [0.25, 0.3) is 0 Å². The number of hydrogen-bond acceptors (Lipinski definition) is 3. The van der Waals surface area contributed by atoms with Crippen molar-refractivity contribution in [2.45, 2.75) is 45.1 Å². The zero-order valence-corrected chi connectivity index (χ0v) is 15.4. The van der Waals surface area contributed by atoms with E-state index in [-0.39, 0.29) is 17.9 Å². The maximum atomic E-state index is 12.8. The Kier molecular flexibility index (Phi) is 5.71. The summed E-state index contributed by atoms with van der Waals surface area (Å²) in [6, 6.07) is 9.39. The van der Waals surface area contributed by atoms with Gasteiger partial charge in [0, 0.05) is 25.7 Å². The maximum absolute atomic E-state index is 12.8. The Hall–Kier alpha value is -2.63. The van der Waals surface area contributed by atoms with Crippen LogP contribution in [0.2, 0.25) is 0 Å². The van der Waals surface area contributed by atoms with Crippen LogP contribution in [0.3, 0.4) is 0 Å². The fraction of sp³-hybridized carbons (Fsp3) is 0.450. The van der Waals surface area contributed by atoms with Crippen molar-refractivity contribution in [3.63, 3.8) is 0 Å². The molecule has 138 valence electrons. The second-order valence-corrected chi connectivity index (χ2v) is 6.97. The molecule has 26 heavy (non-hydrogen) atoms. The van der Waals surface area contributed by atoms with E-state index >= 15 is 0 Å². The number of nitrogens with zero attached hydrogens (tertiary/aromatic N) is 2. The highest BCUT2D eigenvalue weighted by Crippen LogP contribution is 2.30. The molecule has 1 fully saturated rings. The number of amides is 2. The molecule has 0 spiro atoms. The van der Waals surface area contributed by atoms with Crippen molar-refractivity contribution in [3.8, 4) is 0 Å². The van der Waals surface area contributed by atoms with E-state index in [9.17, 15) is 9.59 Å². The summed E-state index contributed by atoms with van der Waals surface area (Å²) in [5, 5.41) is 10.0. The fourth-order valence-corrected chi connectivity index (χ4v) is 3.70. The minimum Gasteiger partial charge on any atom is -0.349 e. The van der Waals surface area contributed by atoms with Gasteiger partial charge < -0.3 is 10.2 Å². The summed E-state index contributed by atoms with van der Waals surface area (Å²) >= 11 is 0. The van der Waals surface area contributed by atoms with E-state index in [1.54, 1.807) is 0 Å². The van der Waals surface area contributed by atoms with Crippen molar-refractivity contribution in [3.05, 3.63) is 53.3 Å². The first-order valence-electron chi connectivity index (χ1n) is 9.14. The Bertz CT molecular complexity index is 748. The van der Waals surface area contributed by atoms with E-state index < -0.39 is 0 Å². The highest BCUT2D eigenvalue weighted by molar-refractivity contribution is 5.79. The lowest BCUT2D eigenvalue weighted by molar-refractivity contribution is -0.133. The SMILES string of the molecule is CC(=O)NC(CC(=O)N1CCC(c2cn[nH]c2C)CC1)c1ccccc1. The molecule has 2 heterocycles. The highest BCUT2D eigenvalue weighted by atomic mass is 16.2. The number of aromatic amines is 1. The van der Waals surface area contributed by atoms with Crippen LogP contribution in [-0.2, 0) is 9.59 Å². The normalized spacial score (nSPS) is 16.3. The molecule has 3 rings (SSSR count). The molecule has 1 unspecified atom stereocenters. The summed E-state index contributed by atoms with van der Waals surface area (Å²) in [7, 11) is 0. The zero-order valence-electron chi connectivity index (χ0n) is 15.4. The predicted octanol–water partition coefficient (Wildman–Crippen LogP) is 2.69. The summed E-state index contributed by atoms with van der Waals surface area (Å²) in [5.41, 5.74) is 3.34. The second-order valence-electron chi connectivity index (χ2n) is 6.97. The molecular formula is C20H26N4O2. The van der Waals surface area contributed by atoms with Gasteiger partial charge in [-0.3, -0.25) is 14.7 Å². The molecule has 2 N–H and O–H groups in total. The zero-order chi connectivity index (χ0) is 18.5. The molecule has 6 nitrogen and oxygen atoms in total. The number of piperidine rings is 1. The van der Waals surface area contributed by atoms with E-state index in [4.69, 9.17) is 0 Å². The lowest BCUT2D eigenvalue weighted by Gasteiger charge is -2.33. The molecule has 0 saturated carbocycles. The third kappa shape index (κ3) is 4.31. The predicted molar refractivity (Wildman–Crippen MR) is 99.5 cm³/mol. The summed E-state index contributed by atoms with van der Waals surface area (Å²) in [6.07, 6.45) is 4.09. The average Bonchev–Trinajstić information content (AvgIpc) is 3.07. The topological polar surface area (TPSA) is 78.1 Å². The number of H-pyrrole nitrogens is 1. The molecule has 2 aromatic rings. The minimum absolute atomic E-state index is 0.0926. The second kappa shape index (κ2) is 8.17. The maximum Gasteiger partial charge on any atom is 0.224 e. The van der Waals surface area contributed by atoms with Gasteiger partial charge in [0.05, 0.1) is 18.7 Å². The van der Waals surface area contributed by atoms with Crippen LogP contribution >= 0.6 is 0 Å². The molecule has 6 heteroatoms. The van der Waals surface area contributed by atoms with Gasteiger partial charge in [0.1, 0.15) is 0 Å². The van der Waals surface area contributed by atoms with Gasteiger partial charge in [0.15, 0.2) is 0 Å². The van der Waals surface area contributed by atoms with Gasteiger partial charge in [-0.2, -0.15) is 5.10 Å². The average molecular weight is 354 g/mol. The number of aryl methyl sites for hydroxylation is 1. The molecule has 0 aliphatic carbocycles. The van der Waals surface area contributed by atoms with Crippen LogP contribution in [-0.4, -0.2) is 40.0 Å². The van der Waals surface area contributed by atoms with Crippen LogP contribution in [0, 0.1) is 6.92 Å². The van der Waals surface area contributed by atoms with Crippen molar-refractivity contribution >= 4 is 11.8 Å². The van der Waals surface area contributed by atoms with Crippen LogP contribution in [0.5, 0.6) is 0 Å². The van der Waals surface area contributed by atoms with Gasteiger partial charge >= 0.3 is 0 Å². The molecule has 1 saturated heterocycles. The largest absolute Gasteiger partial charge is 0.349 e. The lowest BCUT2D eigenvalue weighted by atomic mass is 9.89. The van der Waals surface area contributed by atoms with Gasteiger partial charge in [0.25, 0.3) is 0 Å². The molecule has 2 amide bonds. The third-order valence-electron chi connectivity index (χ3n) is 5.11. The van der Waals surface area contributed by atoms with Gasteiger partial charge in [-0.25, -0.2) is 0 Å². The molecule has 1 aliphatic heterocycles. The standard InChI is InChI=1S/C20H26N4O2/c1-14-18(13-21-23-14)16-8-10-24(11-9-16)20(26)12-19(22-15(2)25)17-6-4-3-5-7-17/h3-7,13,16,19H,8-12H2,1-2H3,(H,21,23)(H,22,25). The lowest BCUT2D eigenvalue weighted by Crippen LogP contribution is -2.40. The number of carbonyl (C=O) groups excluding carboxylic acids is 2. The van der Waals surface area contributed by atoms with E-state index in [0.29, 0.717) is 12.3 Å². The van der Waals surface area contributed by atoms with E-state index in [2.05, 4.69) is 15.5 Å². The number of carbonyl (C=O) groups is 2. The van der Waals surface area contributed by atoms with Crippen LogP contribution in [0.4, 0.5) is 0 Å². The van der Waals surface area contributed by atoms with E-state index in [0.717, 1.165) is 37.2 Å². The monoisotopic (exact) mass is 354 g/mol. The molecule has 1 atom stereocenters. The quantitative estimate of drug-likeness (QED) is 0.866. The van der Waals surface area contributed by atoms with Gasteiger partial charge in [-0.15, -0.1) is 0 Å². The first-order chi connectivity index (χ1) is 12.5. The van der Waals surface area contributed by atoms with Crippen LogP contribution in [0.15, 0.2) is 36.5 Å².